The van der Waals surface area contributed by atoms with E-state index in [0.29, 0.717) is 18.8 Å². The number of carbonyl (C=O) groups is 1. The Morgan fingerprint density at radius 3 is 2.90 bits per heavy atom. The zero-order valence-electron chi connectivity index (χ0n) is 11.8. The van der Waals surface area contributed by atoms with Gasteiger partial charge in [0.15, 0.2) is 0 Å². The van der Waals surface area contributed by atoms with Gasteiger partial charge in [-0.1, -0.05) is 0 Å². The van der Waals surface area contributed by atoms with Gasteiger partial charge in [-0.2, -0.15) is 9.40 Å². The summed E-state index contributed by atoms with van der Waals surface area (Å²) in [6, 6.07) is 1.06. The summed E-state index contributed by atoms with van der Waals surface area (Å²) < 4.78 is 26.5. The predicted molar refractivity (Wildman–Crippen MR) is 73.4 cm³/mol. The van der Waals surface area contributed by atoms with Crippen LogP contribution in [0.5, 0.6) is 0 Å². The lowest BCUT2D eigenvalue weighted by Crippen LogP contribution is -2.48. The molecule has 0 aliphatic carbocycles. The van der Waals surface area contributed by atoms with Crippen molar-refractivity contribution in [2.24, 2.45) is 0 Å². The standard InChI is InChI=1S/C12H18N4O4S/c1-21(18,19)14-8-10-4-5-13-16(10)11(9-14)12(17)15-6-2-3-7-20-15/h4-5,11H,2-3,6-9H2,1H3/t11-/m0/s1. The molecule has 21 heavy (non-hydrogen) atoms. The molecule has 0 radical (unpaired) electrons. The van der Waals surface area contributed by atoms with Crippen LogP contribution >= 0.6 is 0 Å². The minimum absolute atomic E-state index is 0.0895. The number of hydroxylamine groups is 2. The van der Waals surface area contributed by atoms with E-state index in [-0.39, 0.29) is 19.0 Å². The molecule has 0 aromatic carbocycles. The number of sulfonamides is 1. The fourth-order valence-electron chi connectivity index (χ4n) is 2.64. The molecule has 1 fully saturated rings. The van der Waals surface area contributed by atoms with Crippen molar-refractivity contribution in [3.8, 4) is 0 Å². The average molecular weight is 314 g/mol. The van der Waals surface area contributed by atoms with Crippen LogP contribution in [0.1, 0.15) is 24.6 Å². The van der Waals surface area contributed by atoms with E-state index in [4.69, 9.17) is 4.84 Å². The van der Waals surface area contributed by atoms with Crippen LogP contribution < -0.4 is 0 Å². The van der Waals surface area contributed by atoms with E-state index in [0.717, 1.165) is 19.1 Å². The molecule has 0 N–H and O–H groups in total. The van der Waals surface area contributed by atoms with Crippen molar-refractivity contribution < 1.29 is 18.0 Å². The Kier molecular flexibility index (Phi) is 3.72. The zero-order chi connectivity index (χ0) is 15.0. The van der Waals surface area contributed by atoms with Crippen molar-refractivity contribution in [1.29, 1.82) is 0 Å². The molecule has 2 aliphatic heterocycles. The molecule has 116 valence electrons. The second kappa shape index (κ2) is 5.39. The van der Waals surface area contributed by atoms with Crippen LogP contribution in [-0.4, -0.2) is 59.4 Å². The molecule has 1 atom stereocenters. The summed E-state index contributed by atoms with van der Waals surface area (Å²) in [5, 5.41) is 5.50. The second-order valence-electron chi connectivity index (χ2n) is 5.32. The SMILES string of the molecule is CS(=O)(=O)N1Cc2ccnn2[C@H](C(=O)N2CCCCO2)C1. The number of nitrogens with zero attached hydrogens (tertiary/aromatic N) is 4. The van der Waals surface area contributed by atoms with Crippen molar-refractivity contribution in [1.82, 2.24) is 19.1 Å². The summed E-state index contributed by atoms with van der Waals surface area (Å²) in [5.41, 5.74) is 0.710. The molecule has 1 aromatic heterocycles. The Labute approximate surface area is 123 Å². The fraction of sp³-hybridized carbons (Fsp3) is 0.667. The topological polar surface area (TPSA) is 84.7 Å². The van der Waals surface area contributed by atoms with Gasteiger partial charge in [0.25, 0.3) is 5.91 Å². The molecular formula is C12H18N4O4S. The van der Waals surface area contributed by atoms with E-state index in [2.05, 4.69) is 5.10 Å². The first-order valence-corrected chi connectivity index (χ1v) is 8.73. The van der Waals surface area contributed by atoms with Crippen LogP contribution in [0.3, 0.4) is 0 Å². The third-order valence-corrected chi connectivity index (χ3v) is 4.98. The molecule has 3 heterocycles. The lowest BCUT2D eigenvalue weighted by molar-refractivity contribution is -0.201. The number of fused-ring (bicyclic) bond motifs is 1. The van der Waals surface area contributed by atoms with E-state index >= 15 is 0 Å². The molecule has 3 rings (SSSR count). The molecule has 8 nitrogen and oxygen atoms in total. The first kappa shape index (κ1) is 14.5. The van der Waals surface area contributed by atoms with Gasteiger partial charge in [-0.3, -0.25) is 14.3 Å². The summed E-state index contributed by atoms with van der Waals surface area (Å²) >= 11 is 0. The minimum atomic E-state index is -3.36. The normalized spacial score (nSPS) is 23.9. The van der Waals surface area contributed by atoms with Crippen molar-refractivity contribution in [2.75, 3.05) is 26.0 Å². The van der Waals surface area contributed by atoms with E-state index < -0.39 is 16.1 Å². The number of carbonyl (C=O) groups excluding carboxylic acids is 1. The van der Waals surface area contributed by atoms with E-state index in [1.54, 1.807) is 16.9 Å². The van der Waals surface area contributed by atoms with Gasteiger partial charge in [0.1, 0.15) is 6.04 Å². The molecular weight excluding hydrogens is 296 g/mol. The van der Waals surface area contributed by atoms with E-state index in [1.165, 1.54) is 9.37 Å². The number of aromatic nitrogens is 2. The summed E-state index contributed by atoms with van der Waals surface area (Å²) in [6.07, 6.45) is 4.55. The molecule has 0 unspecified atom stereocenters. The summed E-state index contributed by atoms with van der Waals surface area (Å²) in [5.74, 6) is -0.243. The lowest BCUT2D eigenvalue weighted by Gasteiger charge is -2.35. The highest BCUT2D eigenvalue weighted by atomic mass is 32.2. The summed E-state index contributed by atoms with van der Waals surface area (Å²) in [4.78, 5) is 18.0. The summed E-state index contributed by atoms with van der Waals surface area (Å²) in [6.45, 7) is 1.38. The van der Waals surface area contributed by atoms with E-state index in [9.17, 15) is 13.2 Å². The Bertz CT molecular complexity index is 635. The molecule has 0 spiro atoms. The molecule has 1 amide bonds. The minimum Gasteiger partial charge on any atom is -0.271 e. The van der Waals surface area contributed by atoms with Gasteiger partial charge in [0, 0.05) is 19.3 Å². The van der Waals surface area contributed by atoms with Crippen molar-refractivity contribution in [2.45, 2.75) is 25.4 Å². The summed E-state index contributed by atoms with van der Waals surface area (Å²) in [7, 11) is -3.36. The quantitative estimate of drug-likeness (QED) is 0.752. The van der Waals surface area contributed by atoms with Crippen LogP contribution in [0.15, 0.2) is 12.3 Å². The van der Waals surface area contributed by atoms with Gasteiger partial charge in [-0.15, -0.1) is 0 Å². The Hall–Kier alpha value is -1.45. The highest BCUT2D eigenvalue weighted by Gasteiger charge is 2.37. The lowest BCUT2D eigenvalue weighted by atomic mass is 10.2. The maximum absolute atomic E-state index is 12.6. The van der Waals surface area contributed by atoms with Crippen molar-refractivity contribution in [3.63, 3.8) is 0 Å². The van der Waals surface area contributed by atoms with Gasteiger partial charge >= 0.3 is 0 Å². The first-order chi connectivity index (χ1) is 9.97. The fourth-order valence-corrected chi connectivity index (χ4v) is 3.41. The molecule has 0 bridgehead atoms. The van der Waals surface area contributed by atoms with Gasteiger partial charge < -0.3 is 0 Å². The molecule has 2 aliphatic rings. The molecule has 0 saturated carbocycles. The Balaban J connectivity index is 1.88. The first-order valence-electron chi connectivity index (χ1n) is 6.88. The predicted octanol–water partition coefficient (Wildman–Crippen LogP) is -0.247. The van der Waals surface area contributed by atoms with Crippen molar-refractivity contribution >= 4 is 15.9 Å². The monoisotopic (exact) mass is 314 g/mol. The average Bonchev–Trinajstić information content (AvgIpc) is 2.94. The number of rotatable bonds is 2. The largest absolute Gasteiger partial charge is 0.272 e. The maximum Gasteiger partial charge on any atom is 0.272 e. The number of hydrogen-bond donors (Lipinski definition) is 0. The van der Waals surface area contributed by atoms with E-state index in [1.807, 2.05) is 0 Å². The van der Waals surface area contributed by atoms with Crippen molar-refractivity contribution in [3.05, 3.63) is 18.0 Å². The highest BCUT2D eigenvalue weighted by Crippen LogP contribution is 2.24. The van der Waals surface area contributed by atoms with Crippen LogP contribution in [0.2, 0.25) is 0 Å². The van der Waals surface area contributed by atoms with Crippen LogP contribution in [0.4, 0.5) is 0 Å². The van der Waals surface area contributed by atoms with Gasteiger partial charge in [0.2, 0.25) is 10.0 Å². The van der Waals surface area contributed by atoms with Crippen LogP contribution in [-0.2, 0) is 26.2 Å². The smallest absolute Gasteiger partial charge is 0.271 e. The van der Waals surface area contributed by atoms with Gasteiger partial charge in [-0.25, -0.2) is 13.5 Å². The third kappa shape index (κ3) is 2.81. The van der Waals surface area contributed by atoms with Crippen LogP contribution in [0.25, 0.3) is 0 Å². The van der Waals surface area contributed by atoms with Crippen LogP contribution in [0, 0.1) is 0 Å². The molecule has 1 saturated heterocycles. The Morgan fingerprint density at radius 1 is 1.43 bits per heavy atom. The second-order valence-corrected chi connectivity index (χ2v) is 7.30. The maximum atomic E-state index is 12.6. The number of amides is 1. The zero-order valence-corrected chi connectivity index (χ0v) is 12.6. The molecule has 1 aromatic rings. The van der Waals surface area contributed by atoms with Gasteiger partial charge in [-0.05, 0) is 18.9 Å². The van der Waals surface area contributed by atoms with Gasteiger partial charge in [0.05, 0.1) is 25.1 Å². The third-order valence-electron chi connectivity index (χ3n) is 3.76. The molecule has 9 heteroatoms. The highest BCUT2D eigenvalue weighted by molar-refractivity contribution is 7.88. The Morgan fingerprint density at radius 2 is 2.24 bits per heavy atom. The number of hydrogen-bond acceptors (Lipinski definition) is 5.